The molecule has 0 unspecified atom stereocenters. The molecular formula is C10H13F2N3O2. The van der Waals surface area contributed by atoms with Crippen molar-refractivity contribution in [1.82, 2.24) is 9.97 Å². The second-order valence-electron chi connectivity index (χ2n) is 3.69. The molecule has 0 atom stereocenters. The number of nitrogens with zero attached hydrogens (tertiary/aromatic N) is 2. The van der Waals surface area contributed by atoms with Gasteiger partial charge in [0.2, 0.25) is 5.92 Å². The molecule has 0 aliphatic rings. The highest BCUT2D eigenvalue weighted by molar-refractivity contribution is 5.84. The number of alkyl halides is 2. The van der Waals surface area contributed by atoms with Gasteiger partial charge < -0.3 is 10.4 Å². The van der Waals surface area contributed by atoms with Crippen LogP contribution in [0.4, 0.5) is 14.6 Å². The first-order valence-corrected chi connectivity index (χ1v) is 5.05. The lowest BCUT2D eigenvalue weighted by atomic mass is 10.2. The fourth-order valence-corrected chi connectivity index (χ4v) is 1.15. The minimum atomic E-state index is -2.67. The van der Waals surface area contributed by atoms with Gasteiger partial charge >= 0.3 is 5.97 Å². The van der Waals surface area contributed by atoms with Gasteiger partial charge in [0.05, 0.1) is 12.4 Å². The summed E-state index contributed by atoms with van der Waals surface area (Å²) in [4.78, 5) is 17.9. The first-order chi connectivity index (χ1) is 7.88. The predicted molar refractivity (Wildman–Crippen MR) is 57.3 cm³/mol. The van der Waals surface area contributed by atoms with E-state index in [1.54, 1.807) is 0 Å². The second-order valence-corrected chi connectivity index (χ2v) is 3.69. The van der Waals surface area contributed by atoms with Crippen LogP contribution in [-0.4, -0.2) is 33.5 Å². The fourth-order valence-electron chi connectivity index (χ4n) is 1.15. The molecule has 1 heterocycles. The molecule has 0 radical (unpaired) electrons. The van der Waals surface area contributed by atoms with Crippen LogP contribution in [0.25, 0.3) is 0 Å². The van der Waals surface area contributed by atoms with Crippen LogP contribution < -0.4 is 5.32 Å². The number of halogens is 2. The lowest BCUT2D eigenvalue weighted by Crippen LogP contribution is -2.13. The molecule has 1 aromatic rings. The number of hydrogen-bond acceptors (Lipinski definition) is 4. The minimum absolute atomic E-state index is 0.157. The second kappa shape index (κ2) is 5.51. The van der Waals surface area contributed by atoms with E-state index >= 15 is 0 Å². The Kier molecular flexibility index (Phi) is 4.30. The van der Waals surface area contributed by atoms with Gasteiger partial charge in [-0.1, -0.05) is 0 Å². The molecule has 7 heteroatoms. The Bertz CT molecular complexity index is 376. The van der Waals surface area contributed by atoms with Crippen molar-refractivity contribution in [1.29, 1.82) is 0 Å². The van der Waals surface area contributed by atoms with Gasteiger partial charge in [-0.15, -0.1) is 0 Å². The summed E-state index contributed by atoms with van der Waals surface area (Å²) in [7, 11) is 0. The predicted octanol–water partition coefficient (Wildman–Crippen LogP) is 2.02. The summed E-state index contributed by atoms with van der Waals surface area (Å²) in [6.45, 7) is 1.21. The molecule has 0 aliphatic heterocycles. The SMILES string of the molecule is CC(F)(F)CCCNc1cnc(C(=O)O)cn1. The number of aromatic carboxylic acids is 1. The molecule has 0 fully saturated rings. The van der Waals surface area contributed by atoms with Crippen molar-refractivity contribution in [3.8, 4) is 0 Å². The normalized spacial score (nSPS) is 11.2. The van der Waals surface area contributed by atoms with Crippen LogP contribution in [-0.2, 0) is 0 Å². The number of anilines is 1. The highest BCUT2D eigenvalue weighted by atomic mass is 19.3. The Labute approximate surface area is 96.9 Å². The third-order valence-corrected chi connectivity index (χ3v) is 1.97. The standard InChI is InChI=1S/C10H13F2N3O2/c1-10(11,12)3-2-4-13-8-6-14-7(5-15-8)9(16)17/h5-6H,2-4H2,1H3,(H,13,15)(H,16,17). The zero-order valence-corrected chi connectivity index (χ0v) is 9.28. The van der Waals surface area contributed by atoms with E-state index in [0.717, 1.165) is 13.1 Å². The van der Waals surface area contributed by atoms with Crippen LogP contribution >= 0.6 is 0 Å². The van der Waals surface area contributed by atoms with E-state index in [1.807, 2.05) is 0 Å². The molecule has 17 heavy (non-hydrogen) atoms. The molecule has 0 aromatic carbocycles. The Balaban J connectivity index is 2.35. The van der Waals surface area contributed by atoms with Crippen molar-refractivity contribution in [2.24, 2.45) is 0 Å². The molecule has 0 bridgehead atoms. The van der Waals surface area contributed by atoms with Gasteiger partial charge in [-0.2, -0.15) is 0 Å². The van der Waals surface area contributed by atoms with E-state index in [0.29, 0.717) is 18.8 Å². The van der Waals surface area contributed by atoms with Crippen molar-refractivity contribution in [2.75, 3.05) is 11.9 Å². The van der Waals surface area contributed by atoms with E-state index in [1.165, 1.54) is 6.20 Å². The van der Waals surface area contributed by atoms with Crippen molar-refractivity contribution < 1.29 is 18.7 Å². The number of aromatic nitrogens is 2. The number of rotatable bonds is 6. The van der Waals surface area contributed by atoms with Crippen LogP contribution in [0, 0.1) is 0 Å². The average Bonchev–Trinajstić information content (AvgIpc) is 2.24. The maximum Gasteiger partial charge on any atom is 0.356 e. The van der Waals surface area contributed by atoms with Gasteiger partial charge in [-0.05, 0) is 13.3 Å². The topological polar surface area (TPSA) is 75.1 Å². The molecule has 0 saturated heterocycles. The molecule has 0 spiro atoms. The minimum Gasteiger partial charge on any atom is -0.476 e. The number of hydrogen-bond donors (Lipinski definition) is 2. The van der Waals surface area contributed by atoms with Gasteiger partial charge in [0.15, 0.2) is 5.69 Å². The van der Waals surface area contributed by atoms with Crippen molar-refractivity contribution in [3.05, 3.63) is 18.1 Å². The van der Waals surface area contributed by atoms with Gasteiger partial charge in [0.25, 0.3) is 0 Å². The average molecular weight is 245 g/mol. The number of carbonyl (C=O) groups is 1. The molecule has 94 valence electrons. The maximum absolute atomic E-state index is 12.5. The first-order valence-electron chi connectivity index (χ1n) is 5.05. The van der Waals surface area contributed by atoms with E-state index in [2.05, 4.69) is 15.3 Å². The highest BCUT2D eigenvalue weighted by Gasteiger charge is 2.19. The molecular weight excluding hydrogens is 232 g/mol. The summed E-state index contributed by atoms with van der Waals surface area (Å²) in [6.07, 6.45) is 2.46. The van der Waals surface area contributed by atoms with Crippen LogP contribution in [0.2, 0.25) is 0 Å². The lowest BCUT2D eigenvalue weighted by Gasteiger charge is -2.10. The van der Waals surface area contributed by atoms with Crippen molar-refractivity contribution in [3.63, 3.8) is 0 Å². The Morgan fingerprint density at radius 3 is 2.65 bits per heavy atom. The Morgan fingerprint density at radius 2 is 2.18 bits per heavy atom. The molecule has 0 saturated carbocycles. The van der Waals surface area contributed by atoms with Crippen LogP contribution in [0.5, 0.6) is 0 Å². The number of nitrogens with one attached hydrogen (secondary N) is 1. The molecule has 0 aliphatic carbocycles. The largest absolute Gasteiger partial charge is 0.476 e. The van der Waals surface area contributed by atoms with Crippen molar-refractivity contribution >= 4 is 11.8 Å². The summed E-state index contributed by atoms with van der Waals surface area (Å²) < 4.78 is 24.9. The summed E-state index contributed by atoms with van der Waals surface area (Å²) in [5, 5.41) is 11.4. The van der Waals surface area contributed by atoms with E-state index in [4.69, 9.17) is 5.11 Å². The molecule has 2 N–H and O–H groups in total. The van der Waals surface area contributed by atoms with Gasteiger partial charge in [0, 0.05) is 13.0 Å². The zero-order valence-electron chi connectivity index (χ0n) is 9.28. The fraction of sp³-hybridized carbons (Fsp3) is 0.500. The van der Waals surface area contributed by atoms with Crippen LogP contribution in [0.15, 0.2) is 12.4 Å². The maximum atomic E-state index is 12.5. The zero-order chi connectivity index (χ0) is 12.9. The summed E-state index contributed by atoms with van der Waals surface area (Å²) in [6, 6.07) is 0. The van der Waals surface area contributed by atoms with E-state index in [-0.39, 0.29) is 12.1 Å². The Morgan fingerprint density at radius 1 is 1.47 bits per heavy atom. The van der Waals surface area contributed by atoms with Gasteiger partial charge in [0.1, 0.15) is 5.82 Å². The molecule has 1 rings (SSSR count). The van der Waals surface area contributed by atoms with Crippen LogP contribution in [0.1, 0.15) is 30.3 Å². The van der Waals surface area contributed by atoms with Gasteiger partial charge in [-0.25, -0.2) is 23.5 Å². The van der Waals surface area contributed by atoms with Crippen molar-refractivity contribution in [2.45, 2.75) is 25.7 Å². The monoisotopic (exact) mass is 245 g/mol. The highest BCUT2D eigenvalue weighted by Crippen LogP contribution is 2.18. The molecule has 5 nitrogen and oxygen atoms in total. The third-order valence-electron chi connectivity index (χ3n) is 1.97. The molecule has 1 aromatic heterocycles. The molecule has 0 amide bonds. The number of carboxylic acid groups (broad SMARTS) is 1. The Hall–Kier alpha value is -1.79. The summed E-state index contributed by atoms with van der Waals surface area (Å²) in [5.41, 5.74) is -0.157. The first kappa shape index (κ1) is 13.3. The van der Waals surface area contributed by atoms with E-state index in [9.17, 15) is 13.6 Å². The lowest BCUT2D eigenvalue weighted by molar-refractivity contribution is 0.0119. The summed E-state index contributed by atoms with van der Waals surface area (Å²) in [5.74, 6) is -3.45. The summed E-state index contributed by atoms with van der Waals surface area (Å²) >= 11 is 0. The number of carboxylic acids is 1. The third kappa shape index (κ3) is 5.19. The van der Waals surface area contributed by atoms with Gasteiger partial charge in [-0.3, -0.25) is 0 Å². The quantitative estimate of drug-likeness (QED) is 0.750. The smallest absolute Gasteiger partial charge is 0.356 e. The van der Waals surface area contributed by atoms with Crippen LogP contribution in [0.3, 0.4) is 0 Å². The van der Waals surface area contributed by atoms with E-state index < -0.39 is 11.9 Å².